The van der Waals surface area contributed by atoms with Crippen molar-refractivity contribution in [1.29, 1.82) is 0 Å². The van der Waals surface area contributed by atoms with Crippen LogP contribution in [0.3, 0.4) is 0 Å². The lowest BCUT2D eigenvalue weighted by molar-refractivity contribution is -0.384. The Balaban J connectivity index is 3.10. The number of sulfonamides is 1. The summed E-state index contributed by atoms with van der Waals surface area (Å²) in [5, 5.41) is 14.3. The molecule has 0 unspecified atom stereocenters. The molecule has 0 radical (unpaired) electrons. The lowest BCUT2D eigenvalue weighted by Gasteiger charge is -2.18. The fourth-order valence-corrected chi connectivity index (χ4v) is 3.76. The second kappa shape index (κ2) is 8.83. The first kappa shape index (κ1) is 19.4. The van der Waals surface area contributed by atoms with Gasteiger partial charge < -0.3 is 5.32 Å². The van der Waals surface area contributed by atoms with Gasteiger partial charge in [-0.25, -0.2) is 8.42 Å². The molecule has 1 aromatic rings. The van der Waals surface area contributed by atoms with Gasteiger partial charge in [-0.15, -0.1) is 0 Å². The predicted molar refractivity (Wildman–Crippen MR) is 91.2 cm³/mol. The molecule has 23 heavy (non-hydrogen) atoms. The molecule has 0 bridgehead atoms. The Morgan fingerprint density at radius 1 is 1.17 bits per heavy atom. The molecule has 1 rings (SSSR count). The molecule has 7 nitrogen and oxygen atoms in total. The molecule has 0 aliphatic heterocycles. The summed E-state index contributed by atoms with van der Waals surface area (Å²) in [6, 6.07) is 4.03. The van der Waals surface area contributed by atoms with E-state index >= 15 is 0 Å². The van der Waals surface area contributed by atoms with Gasteiger partial charge in [0.15, 0.2) is 0 Å². The Morgan fingerprint density at radius 2 is 1.83 bits per heavy atom. The van der Waals surface area contributed by atoms with Gasteiger partial charge in [0.1, 0.15) is 5.69 Å². The number of nitrogens with zero attached hydrogens (tertiary/aromatic N) is 2. The summed E-state index contributed by atoms with van der Waals surface area (Å²) >= 11 is 0. The van der Waals surface area contributed by atoms with E-state index in [0.717, 1.165) is 25.3 Å². The van der Waals surface area contributed by atoms with Crippen LogP contribution in [0.2, 0.25) is 0 Å². The number of anilines is 1. The van der Waals surface area contributed by atoms with Gasteiger partial charge in [-0.05, 0) is 18.6 Å². The number of nitro benzene ring substituents is 1. The lowest BCUT2D eigenvalue weighted by atomic mass is 10.2. The molecule has 130 valence electrons. The van der Waals surface area contributed by atoms with Crippen LogP contribution in [0.25, 0.3) is 0 Å². The molecule has 0 aliphatic rings. The van der Waals surface area contributed by atoms with Crippen molar-refractivity contribution < 1.29 is 13.3 Å². The SMILES string of the molecule is CCCCCNc1ccc(S(=O)(=O)N(CC)CC)cc1[N+](=O)[O-]. The Labute approximate surface area is 137 Å². The van der Waals surface area contributed by atoms with E-state index in [1.807, 2.05) is 0 Å². The molecule has 0 spiro atoms. The number of hydrogen-bond donors (Lipinski definition) is 1. The average molecular weight is 343 g/mol. The summed E-state index contributed by atoms with van der Waals surface area (Å²) < 4.78 is 26.2. The zero-order chi connectivity index (χ0) is 17.5. The highest BCUT2D eigenvalue weighted by atomic mass is 32.2. The lowest BCUT2D eigenvalue weighted by Crippen LogP contribution is -2.30. The standard InChI is InChI=1S/C15H25N3O4S/c1-4-7-8-11-16-14-10-9-13(12-15(14)18(19)20)23(21,22)17(5-2)6-3/h9-10,12,16H,4-8,11H2,1-3H3. The van der Waals surface area contributed by atoms with Crippen molar-refractivity contribution in [3.63, 3.8) is 0 Å². The molecule has 8 heteroatoms. The van der Waals surface area contributed by atoms with Gasteiger partial charge in [-0.1, -0.05) is 33.6 Å². The second-order valence-corrected chi connectivity index (χ2v) is 7.10. The van der Waals surface area contributed by atoms with Gasteiger partial charge in [0.05, 0.1) is 9.82 Å². The third kappa shape index (κ3) is 4.90. The normalized spacial score (nSPS) is 11.7. The molecule has 0 saturated heterocycles. The van der Waals surface area contributed by atoms with Gasteiger partial charge in [-0.3, -0.25) is 10.1 Å². The van der Waals surface area contributed by atoms with Crippen LogP contribution in [0.5, 0.6) is 0 Å². The van der Waals surface area contributed by atoms with Crippen LogP contribution in [-0.2, 0) is 10.0 Å². The van der Waals surface area contributed by atoms with E-state index in [-0.39, 0.29) is 10.6 Å². The van der Waals surface area contributed by atoms with Crippen LogP contribution in [-0.4, -0.2) is 37.3 Å². The first-order chi connectivity index (χ1) is 10.9. The molecular formula is C15H25N3O4S. The Bertz CT molecular complexity index is 628. The van der Waals surface area contributed by atoms with Crippen LogP contribution in [0.4, 0.5) is 11.4 Å². The molecular weight excluding hydrogens is 318 g/mol. The molecule has 0 saturated carbocycles. The van der Waals surface area contributed by atoms with Gasteiger partial charge in [-0.2, -0.15) is 4.31 Å². The van der Waals surface area contributed by atoms with Crippen molar-refractivity contribution in [3.05, 3.63) is 28.3 Å². The highest BCUT2D eigenvalue weighted by Crippen LogP contribution is 2.29. The molecule has 0 amide bonds. The highest BCUT2D eigenvalue weighted by Gasteiger charge is 2.25. The van der Waals surface area contributed by atoms with E-state index in [4.69, 9.17) is 0 Å². The number of unbranched alkanes of at least 4 members (excludes halogenated alkanes) is 2. The van der Waals surface area contributed by atoms with Crippen molar-refractivity contribution in [2.75, 3.05) is 25.0 Å². The summed E-state index contributed by atoms with van der Waals surface area (Å²) in [6.45, 7) is 6.82. The topological polar surface area (TPSA) is 92.6 Å². The maximum absolute atomic E-state index is 12.5. The Morgan fingerprint density at radius 3 is 2.35 bits per heavy atom. The van der Waals surface area contributed by atoms with Crippen molar-refractivity contribution in [3.8, 4) is 0 Å². The molecule has 1 aromatic carbocycles. The number of rotatable bonds is 10. The minimum absolute atomic E-state index is 0.0491. The van der Waals surface area contributed by atoms with E-state index in [1.165, 1.54) is 16.4 Å². The number of nitrogens with one attached hydrogen (secondary N) is 1. The van der Waals surface area contributed by atoms with Crippen molar-refractivity contribution in [2.24, 2.45) is 0 Å². The number of hydrogen-bond acceptors (Lipinski definition) is 5. The number of benzene rings is 1. The quantitative estimate of drug-likeness (QED) is 0.400. The summed E-state index contributed by atoms with van der Waals surface area (Å²) in [6.07, 6.45) is 3.01. The summed E-state index contributed by atoms with van der Waals surface area (Å²) in [5.74, 6) is 0. The van der Waals surface area contributed by atoms with Gasteiger partial charge in [0.25, 0.3) is 5.69 Å². The second-order valence-electron chi connectivity index (χ2n) is 5.16. The van der Waals surface area contributed by atoms with E-state index < -0.39 is 14.9 Å². The van der Waals surface area contributed by atoms with Gasteiger partial charge in [0.2, 0.25) is 10.0 Å². The van der Waals surface area contributed by atoms with Crippen LogP contribution >= 0.6 is 0 Å². The monoisotopic (exact) mass is 343 g/mol. The molecule has 0 aliphatic carbocycles. The maximum atomic E-state index is 12.5. The Hall–Kier alpha value is -1.67. The smallest absolute Gasteiger partial charge is 0.293 e. The fourth-order valence-electron chi connectivity index (χ4n) is 2.28. The van der Waals surface area contributed by atoms with E-state index in [0.29, 0.717) is 25.3 Å². The zero-order valence-corrected chi connectivity index (χ0v) is 14.7. The first-order valence-electron chi connectivity index (χ1n) is 7.90. The highest BCUT2D eigenvalue weighted by molar-refractivity contribution is 7.89. The number of nitro groups is 1. The summed E-state index contributed by atoms with van der Waals surface area (Å²) in [7, 11) is -3.70. The summed E-state index contributed by atoms with van der Waals surface area (Å²) in [4.78, 5) is 10.7. The third-order valence-electron chi connectivity index (χ3n) is 3.60. The summed E-state index contributed by atoms with van der Waals surface area (Å²) in [5.41, 5.74) is 0.138. The van der Waals surface area contributed by atoms with Crippen LogP contribution in [0.1, 0.15) is 40.0 Å². The Kier molecular flexibility index (Phi) is 7.44. The molecule has 0 heterocycles. The van der Waals surface area contributed by atoms with Gasteiger partial charge >= 0.3 is 0 Å². The fraction of sp³-hybridized carbons (Fsp3) is 0.600. The van der Waals surface area contributed by atoms with E-state index in [1.54, 1.807) is 13.8 Å². The zero-order valence-electron chi connectivity index (χ0n) is 13.9. The van der Waals surface area contributed by atoms with Crippen LogP contribution in [0, 0.1) is 10.1 Å². The molecule has 1 N–H and O–H groups in total. The van der Waals surface area contributed by atoms with Gasteiger partial charge in [0, 0.05) is 25.7 Å². The van der Waals surface area contributed by atoms with E-state index in [9.17, 15) is 18.5 Å². The predicted octanol–water partition coefficient (Wildman–Crippen LogP) is 3.23. The van der Waals surface area contributed by atoms with Crippen molar-refractivity contribution >= 4 is 21.4 Å². The van der Waals surface area contributed by atoms with Crippen molar-refractivity contribution in [2.45, 2.75) is 44.9 Å². The molecule has 0 atom stereocenters. The molecule has 0 fully saturated rings. The van der Waals surface area contributed by atoms with Crippen LogP contribution in [0.15, 0.2) is 23.1 Å². The minimum Gasteiger partial charge on any atom is -0.379 e. The molecule has 0 aromatic heterocycles. The van der Waals surface area contributed by atoms with Crippen LogP contribution < -0.4 is 5.32 Å². The van der Waals surface area contributed by atoms with E-state index in [2.05, 4.69) is 12.2 Å². The third-order valence-corrected chi connectivity index (χ3v) is 5.65. The first-order valence-corrected chi connectivity index (χ1v) is 9.34. The largest absolute Gasteiger partial charge is 0.379 e. The van der Waals surface area contributed by atoms with Crippen molar-refractivity contribution in [1.82, 2.24) is 4.31 Å². The maximum Gasteiger partial charge on any atom is 0.293 e. The average Bonchev–Trinajstić information content (AvgIpc) is 2.52. The minimum atomic E-state index is -3.70.